The maximum atomic E-state index is 4.75. The van der Waals surface area contributed by atoms with Crippen LogP contribution in [0.3, 0.4) is 0 Å². The van der Waals surface area contributed by atoms with Gasteiger partial charge in [-0.1, -0.05) is 29.7 Å². The molecule has 0 bridgehead atoms. The van der Waals surface area contributed by atoms with Gasteiger partial charge in [0.05, 0.1) is 0 Å². The van der Waals surface area contributed by atoms with Crippen LogP contribution in [0.5, 0.6) is 0 Å². The summed E-state index contributed by atoms with van der Waals surface area (Å²) in [6, 6.07) is 0. The van der Waals surface area contributed by atoms with Gasteiger partial charge in [-0.15, -0.1) is 11.8 Å². The van der Waals surface area contributed by atoms with E-state index < -0.39 is 0 Å². The van der Waals surface area contributed by atoms with Gasteiger partial charge >= 0.3 is 0 Å². The van der Waals surface area contributed by atoms with Crippen LogP contribution in [-0.4, -0.2) is 9.28 Å². The molecule has 0 amide bonds. The van der Waals surface area contributed by atoms with Crippen molar-refractivity contribution in [3.63, 3.8) is 0 Å². The molecular weight excluding hydrogens is 180 g/mol. The molecule has 0 rings (SSSR count). The van der Waals surface area contributed by atoms with E-state index in [1.165, 1.54) is 25.7 Å². The second kappa shape index (κ2) is 7.76. The van der Waals surface area contributed by atoms with Crippen molar-refractivity contribution in [3.05, 3.63) is 0 Å². The van der Waals surface area contributed by atoms with Crippen LogP contribution >= 0.6 is 24.0 Å². The Balaban J connectivity index is 2.84. The molecule has 0 aliphatic rings. The number of hydrogen-bond acceptors (Lipinski definition) is 3. The van der Waals surface area contributed by atoms with Gasteiger partial charge in [-0.3, -0.25) is 0 Å². The fourth-order valence-electron chi connectivity index (χ4n) is 0.684. The normalized spacial score (nSPS) is 9.70. The minimum atomic E-state index is 0.663. The highest BCUT2D eigenvalue weighted by Gasteiger charge is 1.86. The standard InChI is InChI=1S/C7H14S3/c1-2-3-4-5-6-10-7(8)9/h2-6H2,1H3,(H,8,9)/p-1. The highest BCUT2D eigenvalue weighted by molar-refractivity contribution is 8.36. The van der Waals surface area contributed by atoms with Gasteiger partial charge in [0.1, 0.15) is 0 Å². The van der Waals surface area contributed by atoms with E-state index in [0.717, 1.165) is 5.75 Å². The lowest BCUT2D eigenvalue weighted by molar-refractivity contribution is 0.707. The maximum Gasteiger partial charge on any atom is -0.00357 e. The van der Waals surface area contributed by atoms with Crippen molar-refractivity contribution in [2.45, 2.75) is 32.6 Å². The monoisotopic (exact) mass is 193 g/mol. The molecule has 0 nitrogen and oxygen atoms in total. The van der Waals surface area contributed by atoms with Crippen molar-refractivity contribution in [3.8, 4) is 0 Å². The van der Waals surface area contributed by atoms with E-state index in [4.69, 9.17) is 24.8 Å². The first-order valence-corrected chi connectivity index (χ1v) is 5.41. The largest absolute Gasteiger partial charge is 0.422 e. The molecule has 10 heavy (non-hydrogen) atoms. The van der Waals surface area contributed by atoms with Crippen LogP contribution in [0, 0.1) is 0 Å². The number of unbranched alkanes of at least 4 members (excludes halogenated alkanes) is 3. The summed E-state index contributed by atoms with van der Waals surface area (Å²) in [4.78, 5) is 0. The highest BCUT2D eigenvalue weighted by Crippen LogP contribution is 2.08. The van der Waals surface area contributed by atoms with E-state index in [1.54, 1.807) is 11.8 Å². The van der Waals surface area contributed by atoms with E-state index in [0.29, 0.717) is 3.53 Å². The van der Waals surface area contributed by atoms with Gasteiger partial charge in [0, 0.05) is 0 Å². The molecule has 0 N–H and O–H groups in total. The average Bonchev–Trinajstić information content (AvgIpc) is 1.87. The molecule has 0 aliphatic carbocycles. The van der Waals surface area contributed by atoms with Crippen molar-refractivity contribution < 1.29 is 0 Å². The Morgan fingerprint density at radius 1 is 1.40 bits per heavy atom. The van der Waals surface area contributed by atoms with Crippen molar-refractivity contribution in [2.75, 3.05) is 5.75 Å². The SMILES string of the molecule is CCCCCCSC(=S)[S-]. The summed E-state index contributed by atoms with van der Waals surface area (Å²) in [6.45, 7) is 2.21. The van der Waals surface area contributed by atoms with Crippen LogP contribution in [0.4, 0.5) is 0 Å². The average molecular weight is 193 g/mol. The van der Waals surface area contributed by atoms with Gasteiger partial charge in [0.2, 0.25) is 0 Å². The Labute approximate surface area is 78.6 Å². The van der Waals surface area contributed by atoms with Crippen molar-refractivity contribution in [1.82, 2.24) is 0 Å². The molecule has 0 unspecified atom stereocenters. The van der Waals surface area contributed by atoms with Gasteiger partial charge in [0.25, 0.3) is 0 Å². The molecule has 0 heterocycles. The smallest absolute Gasteiger partial charge is 0.00357 e. The molecule has 60 valence electrons. The third-order valence-electron chi connectivity index (χ3n) is 1.22. The van der Waals surface area contributed by atoms with Gasteiger partial charge in [-0.2, -0.15) is 0 Å². The highest BCUT2D eigenvalue weighted by atomic mass is 32.2. The first-order chi connectivity index (χ1) is 4.77. The van der Waals surface area contributed by atoms with Crippen LogP contribution in [0.25, 0.3) is 0 Å². The summed E-state index contributed by atoms with van der Waals surface area (Å²) in [5, 5.41) is 0. The Kier molecular flexibility index (Phi) is 8.28. The predicted octanol–water partition coefficient (Wildman–Crippen LogP) is 3.13. The summed E-state index contributed by atoms with van der Waals surface area (Å²) >= 11 is 11.1. The lowest BCUT2D eigenvalue weighted by Gasteiger charge is -2.02. The Morgan fingerprint density at radius 2 is 2.10 bits per heavy atom. The lowest BCUT2D eigenvalue weighted by atomic mass is 10.2. The fourth-order valence-corrected chi connectivity index (χ4v) is 1.70. The van der Waals surface area contributed by atoms with Crippen LogP contribution < -0.4 is 0 Å². The molecule has 0 saturated heterocycles. The van der Waals surface area contributed by atoms with Crippen LogP contribution in [-0.2, 0) is 12.6 Å². The fraction of sp³-hybridized carbons (Fsp3) is 0.857. The zero-order valence-corrected chi connectivity index (χ0v) is 8.71. The first-order valence-electron chi connectivity index (χ1n) is 3.61. The third kappa shape index (κ3) is 8.66. The summed E-state index contributed by atoms with van der Waals surface area (Å²) in [6.07, 6.45) is 5.21. The molecule has 0 saturated carbocycles. The van der Waals surface area contributed by atoms with E-state index >= 15 is 0 Å². The van der Waals surface area contributed by atoms with Crippen molar-refractivity contribution in [1.29, 1.82) is 0 Å². The summed E-state index contributed by atoms with van der Waals surface area (Å²) in [5.74, 6) is 1.11. The molecular formula is C7H13S3-. The third-order valence-corrected chi connectivity index (χ3v) is 2.65. The number of hydrogen-bond donors (Lipinski definition) is 0. The van der Waals surface area contributed by atoms with E-state index in [1.807, 2.05) is 0 Å². The second-order valence-corrected chi connectivity index (χ2v) is 4.86. The molecule has 0 aromatic carbocycles. The maximum absolute atomic E-state index is 4.75. The van der Waals surface area contributed by atoms with Crippen molar-refractivity contribution >= 4 is 40.1 Å². The summed E-state index contributed by atoms with van der Waals surface area (Å²) < 4.78 is 0.663. The van der Waals surface area contributed by atoms with E-state index in [2.05, 4.69) is 6.92 Å². The zero-order valence-electron chi connectivity index (χ0n) is 6.26. The first kappa shape index (κ1) is 10.7. The zero-order chi connectivity index (χ0) is 7.82. The molecule has 0 aromatic heterocycles. The second-order valence-electron chi connectivity index (χ2n) is 2.16. The Bertz CT molecular complexity index is 90.9. The predicted molar refractivity (Wildman–Crippen MR) is 56.6 cm³/mol. The van der Waals surface area contributed by atoms with Gasteiger partial charge in [-0.25, -0.2) is 0 Å². The molecule has 0 spiro atoms. The Hall–Kier alpha value is 0.660. The van der Waals surface area contributed by atoms with E-state index in [9.17, 15) is 0 Å². The topological polar surface area (TPSA) is 0 Å². The molecule has 0 aromatic rings. The van der Waals surface area contributed by atoms with Crippen LogP contribution in [0.2, 0.25) is 0 Å². The molecule has 3 heteroatoms. The number of rotatable bonds is 5. The lowest BCUT2D eigenvalue weighted by Crippen LogP contribution is -1.84. The van der Waals surface area contributed by atoms with Crippen LogP contribution in [0.15, 0.2) is 0 Å². The summed E-state index contributed by atoms with van der Waals surface area (Å²) in [5.41, 5.74) is 0. The summed E-state index contributed by atoms with van der Waals surface area (Å²) in [7, 11) is 0. The molecule has 0 atom stereocenters. The minimum absolute atomic E-state index is 0.663. The quantitative estimate of drug-likeness (QED) is 0.374. The Morgan fingerprint density at radius 3 is 2.60 bits per heavy atom. The van der Waals surface area contributed by atoms with Gasteiger partial charge in [-0.05, 0) is 12.2 Å². The molecule has 0 aliphatic heterocycles. The minimum Gasteiger partial charge on any atom is -0.422 e. The van der Waals surface area contributed by atoms with Gasteiger partial charge < -0.3 is 24.8 Å². The molecule has 0 fully saturated rings. The van der Waals surface area contributed by atoms with Crippen LogP contribution in [0.1, 0.15) is 32.6 Å². The van der Waals surface area contributed by atoms with Crippen molar-refractivity contribution in [2.24, 2.45) is 0 Å². The van der Waals surface area contributed by atoms with Gasteiger partial charge in [0.15, 0.2) is 0 Å². The van der Waals surface area contributed by atoms with E-state index in [-0.39, 0.29) is 0 Å². The number of thioether (sulfide) groups is 1. The number of thiocarbonyl (C=S) groups is 1. The molecule has 0 radical (unpaired) electrons.